The summed E-state index contributed by atoms with van der Waals surface area (Å²) in [6, 6.07) is 4.32. The van der Waals surface area contributed by atoms with E-state index in [-0.39, 0.29) is 11.8 Å². The van der Waals surface area contributed by atoms with Crippen molar-refractivity contribution in [2.75, 3.05) is 6.61 Å². The van der Waals surface area contributed by atoms with Gasteiger partial charge in [0.25, 0.3) is 0 Å². The zero-order chi connectivity index (χ0) is 13.4. The van der Waals surface area contributed by atoms with Gasteiger partial charge in [0, 0.05) is 12.3 Å². The van der Waals surface area contributed by atoms with Crippen LogP contribution in [0.3, 0.4) is 0 Å². The third-order valence-electron chi connectivity index (χ3n) is 3.53. The number of amides is 1. The molecule has 5 heteroatoms. The summed E-state index contributed by atoms with van der Waals surface area (Å²) in [7, 11) is 0. The maximum atomic E-state index is 11.7. The predicted octanol–water partition coefficient (Wildman–Crippen LogP) is 1.27. The van der Waals surface area contributed by atoms with Crippen LogP contribution in [0.1, 0.15) is 30.0 Å². The molecule has 1 aromatic rings. The summed E-state index contributed by atoms with van der Waals surface area (Å²) >= 11 is 0. The van der Waals surface area contributed by atoms with E-state index >= 15 is 0 Å². The molecule has 5 nitrogen and oxygen atoms in total. The lowest BCUT2D eigenvalue weighted by molar-refractivity contribution is -0.142. The summed E-state index contributed by atoms with van der Waals surface area (Å²) in [4.78, 5) is 23.1. The number of benzene rings is 1. The van der Waals surface area contributed by atoms with E-state index < -0.39 is 12.0 Å². The molecule has 1 saturated carbocycles. The van der Waals surface area contributed by atoms with Gasteiger partial charge in [-0.05, 0) is 36.1 Å². The number of carbonyl (C=O) groups excluding carboxylic acids is 1. The molecule has 1 heterocycles. The van der Waals surface area contributed by atoms with Crippen molar-refractivity contribution in [3.63, 3.8) is 0 Å². The molecular formula is C14H15NO4. The van der Waals surface area contributed by atoms with Gasteiger partial charge < -0.3 is 15.2 Å². The molecule has 1 atom stereocenters. The number of carboxylic acid groups (broad SMARTS) is 1. The van der Waals surface area contributed by atoms with Gasteiger partial charge in [0.2, 0.25) is 5.91 Å². The molecule has 1 fully saturated rings. The van der Waals surface area contributed by atoms with E-state index in [0.29, 0.717) is 12.2 Å². The molecule has 1 amide bonds. The zero-order valence-corrected chi connectivity index (χ0v) is 10.4. The van der Waals surface area contributed by atoms with Crippen LogP contribution in [0.15, 0.2) is 18.2 Å². The quantitative estimate of drug-likeness (QED) is 0.856. The molecule has 2 N–H and O–H groups in total. The first-order chi connectivity index (χ1) is 9.15. The Kier molecular flexibility index (Phi) is 2.89. The number of rotatable bonds is 4. The zero-order valence-electron chi connectivity index (χ0n) is 10.4. The molecule has 100 valence electrons. The smallest absolute Gasteiger partial charge is 0.330 e. The number of aliphatic carboxylic acids is 1. The van der Waals surface area contributed by atoms with Crippen LogP contribution in [0.5, 0.6) is 5.75 Å². The predicted molar refractivity (Wildman–Crippen MR) is 66.9 cm³/mol. The van der Waals surface area contributed by atoms with Gasteiger partial charge in [0.15, 0.2) is 6.04 Å². The van der Waals surface area contributed by atoms with Gasteiger partial charge in [-0.25, -0.2) is 4.79 Å². The standard InChI is InChI=1S/C14H15NO4/c16-13(8-1-2-8)15-12(14(17)18)10-3-4-11-9(7-10)5-6-19-11/h3-4,7-8,12H,1-2,5-6H2,(H,15,16)(H,17,18). The van der Waals surface area contributed by atoms with Crippen LogP contribution in [-0.4, -0.2) is 23.6 Å². The van der Waals surface area contributed by atoms with E-state index in [1.807, 2.05) is 6.07 Å². The monoisotopic (exact) mass is 261 g/mol. The summed E-state index contributed by atoms with van der Waals surface area (Å²) in [6.45, 7) is 0.630. The van der Waals surface area contributed by atoms with Gasteiger partial charge in [0.05, 0.1) is 6.61 Å². The van der Waals surface area contributed by atoms with E-state index in [4.69, 9.17) is 4.74 Å². The lowest BCUT2D eigenvalue weighted by atomic mass is 10.0. The summed E-state index contributed by atoms with van der Waals surface area (Å²) in [5.41, 5.74) is 1.61. The van der Waals surface area contributed by atoms with Gasteiger partial charge >= 0.3 is 5.97 Å². The molecule has 1 aromatic carbocycles. The van der Waals surface area contributed by atoms with E-state index in [0.717, 1.165) is 30.6 Å². The van der Waals surface area contributed by atoms with Crippen molar-refractivity contribution in [1.82, 2.24) is 5.32 Å². The Morgan fingerprint density at radius 3 is 2.84 bits per heavy atom. The Labute approximate surface area is 110 Å². The average molecular weight is 261 g/mol. The Hall–Kier alpha value is -2.04. The van der Waals surface area contributed by atoms with Gasteiger partial charge in [0.1, 0.15) is 5.75 Å². The van der Waals surface area contributed by atoms with Gasteiger partial charge in [-0.2, -0.15) is 0 Å². The Morgan fingerprint density at radius 1 is 1.37 bits per heavy atom. The Balaban J connectivity index is 1.82. The number of hydrogen-bond acceptors (Lipinski definition) is 3. The van der Waals surface area contributed by atoms with Crippen molar-refractivity contribution in [1.29, 1.82) is 0 Å². The number of ether oxygens (including phenoxy) is 1. The maximum Gasteiger partial charge on any atom is 0.330 e. The minimum Gasteiger partial charge on any atom is -0.493 e. The molecule has 2 aliphatic rings. The second-order valence-electron chi connectivity index (χ2n) is 5.02. The highest BCUT2D eigenvalue weighted by Crippen LogP contribution is 2.31. The van der Waals surface area contributed by atoms with E-state index in [9.17, 15) is 14.7 Å². The van der Waals surface area contributed by atoms with Crippen molar-refractivity contribution in [3.05, 3.63) is 29.3 Å². The van der Waals surface area contributed by atoms with Crippen LogP contribution < -0.4 is 10.1 Å². The fraction of sp³-hybridized carbons (Fsp3) is 0.429. The molecule has 3 rings (SSSR count). The largest absolute Gasteiger partial charge is 0.493 e. The third kappa shape index (κ3) is 2.41. The summed E-state index contributed by atoms with van der Waals surface area (Å²) < 4.78 is 5.39. The van der Waals surface area contributed by atoms with Gasteiger partial charge in [-0.1, -0.05) is 6.07 Å². The van der Waals surface area contributed by atoms with Crippen LogP contribution in [0.25, 0.3) is 0 Å². The lowest BCUT2D eigenvalue weighted by Crippen LogP contribution is -2.34. The molecule has 0 saturated heterocycles. The van der Waals surface area contributed by atoms with Crippen molar-refractivity contribution in [2.24, 2.45) is 5.92 Å². The number of hydrogen-bond donors (Lipinski definition) is 2. The van der Waals surface area contributed by atoms with Gasteiger partial charge in [-0.15, -0.1) is 0 Å². The molecule has 19 heavy (non-hydrogen) atoms. The number of nitrogens with one attached hydrogen (secondary N) is 1. The summed E-state index contributed by atoms with van der Waals surface area (Å²) in [6.07, 6.45) is 2.50. The highest BCUT2D eigenvalue weighted by Gasteiger charge is 2.33. The maximum absolute atomic E-state index is 11.7. The normalized spacial score (nSPS) is 18.3. The minimum absolute atomic E-state index is 0.000361. The highest BCUT2D eigenvalue weighted by molar-refractivity contribution is 5.87. The van der Waals surface area contributed by atoms with Crippen molar-refractivity contribution in [3.8, 4) is 5.75 Å². The average Bonchev–Trinajstić information content (AvgIpc) is 3.13. The fourth-order valence-corrected chi connectivity index (χ4v) is 2.28. The number of carbonyl (C=O) groups is 2. The minimum atomic E-state index is -1.03. The van der Waals surface area contributed by atoms with E-state index in [1.54, 1.807) is 12.1 Å². The topological polar surface area (TPSA) is 75.6 Å². The van der Waals surface area contributed by atoms with Crippen molar-refractivity contribution >= 4 is 11.9 Å². The Bertz CT molecular complexity index is 536. The second-order valence-corrected chi connectivity index (χ2v) is 5.02. The molecule has 0 aromatic heterocycles. The van der Waals surface area contributed by atoms with Crippen LogP contribution in [0.4, 0.5) is 0 Å². The van der Waals surface area contributed by atoms with E-state index in [1.165, 1.54) is 0 Å². The van der Waals surface area contributed by atoms with Crippen molar-refractivity contribution < 1.29 is 19.4 Å². The molecule has 0 radical (unpaired) electrons. The molecule has 0 bridgehead atoms. The number of fused-ring (bicyclic) bond motifs is 1. The SMILES string of the molecule is O=C(NC(C(=O)O)c1ccc2c(c1)CCO2)C1CC1. The van der Waals surface area contributed by atoms with Crippen LogP contribution in [-0.2, 0) is 16.0 Å². The number of carboxylic acids is 1. The van der Waals surface area contributed by atoms with Crippen LogP contribution in [0, 0.1) is 5.92 Å². The van der Waals surface area contributed by atoms with Crippen LogP contribution >= 0.6 is 0 Å². The molecule has 0 spiro atoms. The first-order valence-corrected chi connectivity index (χ1v) is 6.44. The first-order valence-electron chi connectivity index (χ1n) is 6.44. The van der Waals surface area contributed by atoms with Crippen molar-refractivity contribution in [2.45, 2.75) is 25.3 Å². The summed E-state index contributed by atoms with van der Waals surface area (Å²) in [5, 5.41) is 11.9. The molecular weight excluding hydrogens is 246 g/mol. The molecule has 1 aliphatic carbocycles. The highest BCUT2D eigenvalue weighted by atomic mass is 16.5. The lowest BCUT2D eigenvalue weighted by Gasteiger charge is -2.15. The summed E-state index contributed by atoms with van der Waals surface area (Å²) in [5.74, 6) is -0.391. The molecule has 1 unspecified atom stereocenters. The third-order valence-corrected chi connectivity index (χ3v) is 3.53. The van der Waals surface area contributed by atoms with Gasteiger partial charge in [-0.3, -0.25) is 4.79 Å². The van der Waals surface area contributed by atoms with E-state index in [2.05, 4.69) is 5.32 Å². The first kappa shape index (κ1) is 12.0. The molecule has 1 aliphatic heterocycles. The van der Waals surface area contributed by atoms with Crippen LogP contribution in [0.2, 0.25) is 0 Å². The second kappa shape index (κ2) is 4.57. The fourth-order valence-electron chi connectivity index (χ4n) is 2.28. The Morgan fingerprint density at radius 2 is 2.16 bits per heavy atom.